The fourth-order valence-electron chi connectivity index (χ4n) is 1.76. The van der Waals surface area contributed by atoms with E-state index in [-0.39, 0.29) is 17.8 Å². The molecule has 92 valence electrons. The molecule has 0 amide bonds. The van der Waals surface area contributed by atoms with Crippen molar-refractivity contribution in [2.45, 2.75) is 13.8 Å². The molecule has 0 bridgehead atoms. The predicted molar refractivity (Wildman–Crippen MR) is 65.0 cm³/mol. The minimum atomic E-state index is -0.476. The molecule has 6 nitrogen and oxygen atoms in total. The molecule has 0 aliphatic heterocycles. The molecule has 0 saturated heterocycles. The van der Waals surface area contributed by atoms with Gasteiger partial charge in [0, 0.05) is 6.20 Å². The van der Waals surface area contributed by atoms with Crippen molar-refractivity contribution < 1.29 is 9.53 Å². The number of aromatic amines is 1. The summed E-state index contributed by atoms with van der Waals surface area (Å²) in [6, 6.07) is 1.45. The zero-order valence-electron chi connectivity index (χ0n) is 9.98. The molecule has 0 atom stereocenters. The summed E-state index contributed by atoms with van der Waals surface area (Å²) in [6.07, 6.45) is 1.32. The second-order valence-electron chi connectivity index (χ2n) is 3.68. The Morgan fingerprint density at radius 3 is 2.94 bits per heavy atom. The van der Waals surface area contributed by atoms with E-state index in [0.29, 0.717) is 11.3 Å². The van der Waals surface area contributed by atoms with Crippen molar-refractivity contribution >= 4 is 17.2 Å². The smallest absolute Gasteiger partial charge is 0.340 e. The van der Waals surface area contributed by atoms with Crippen molar-refractivity contribution in [3.63, 3.8) is 0 Å². The van der Waals surface area contributed by atoms with E-state index in [1.165, 1.54) is 16.8 Å². The third-order valence-corrected chi connectivity index (χ3v) is 2.66. The summed E-state index contributed by atoms with van der Waals surface area (Å²) in [6.45, 7) is 10.6. The molecule has 0 radical (unpaired) electrons. The lowest BCUT2D eigenvalue weighted by molar-refractivity contribution is 0.0525. The summed E-state index contributed by atoms with van der Waals surface area (Å²) in [5, 5.41) is 2.79. The molecule has 2 aromatic heterocycles. The van der Waals surface area contributed by atoms with Crippen molar-refractivity contribution in [2.24, 2.45) is 0 Å². The summed E-state index contributed by atoms with van der Waals surface area (Å²) in [5.74, 6) is -0.476. The van der Waals surface area contributed by atoms with Gasteiger partial charge in [-0.25, -0.2) is 9.64 Å². The Hall–Kier alpha value is -2.55. The number of ether oxygens (including phenoxy) is 1. The van der Waals surface area contributed by atoms with E-state index >= 15 is 0 Å². The van der Waals surface area contributed by atoms with E-state index in [4.69, 9.17) is 11.3 Å². The lowest BCUT2D eigenvalue weighted by Gasteiger charge is -2.01. The molecule has 18 heavy (non-hydrogen) atoms. The lowest BCUT2D eigenvalue weighted by atomic mass is 10.2. The van der Waals surface area contributed by atoms with Crippen LogP contribution in [0.2, 0.25) is 0 Å². The number of fused-ring (bicyclic) bond motifs is 1. The van der Waals surface area contributed by atoms with Gasteiger partial charge in [0.2, 0.25) is 5.43 Å². The standard InChI is InChI=1S/C12H11N3O3/c1-4-18-12(17)8-5-10-11(16)9(13-3)6-14-15(10)7(8)2/h5-6,14H,4H2,1-2H3. The van der Waals surface area contributed by atoms with Gasteiger partial charge < -0.3 is 14.6 Å². The Morgan fingerprint density at radius 1 is 1.61 bits per heavy atom. The Bertz CT molecular complexity index is 718. The van der Waals surface area contributed by atoms with Crippen molar-refractivity contribution in [3.8, 4) is 0 Å². The van der Waals surface area contributed by atoms with Crippen molar-refractivity contribution in [2.75, 3.05) is 6.61 Å². The second kappa shape index (κ2) is 4.37. The first kappa shape index (κ1) is 11.9. The van der Waals surface area contributed by atoms with Crippen LogP contribution in [0, 0.1) is 13.5 Å². The van der Waals surface area contributed by atoms with Crippen LogP contribution < -0.4 is 5.43 Å². The van der Waals surface area contributed by atoms with Crippen molar-refractivity contribution in [1.29, 1.82) is 0 Å². The van der Waals surface area contributed by atoms with Crippen LogP contribution in [0.3, 0.4) is 0 Å². The minimum Gasteiger partial charge on any atom is -0.462 e. The highest BCUT2D eigenvalue weighted by Crippen LogP contribution is 2.15. The number of aryl methyl sites for hydroxylation is 1. The summed E-state index contributed by atoms with van der Waals surface area (Å²) in [5.41, 5.74) is 0.770. The lowest BCUT2D eigenvalue weighted by Crippen LogP contribution is -2.07. The molecule has 0 saturated carbocycles. The first-order chi connectivity index (χ1) is 8.60. The van der Waals surface area contributed by atoms with Gasteiger partial charge in [-0.15, -0.1) is 0 Å². The molecular formula is C12H11N3O3. The number of hydrogen-bond acceptors (Lipinski definition) is 3. The topological polar surface area (TPSA) is 67.9 Å². The predicted octanol–water partition coefficient (Wildman–Crippen LogP) is 1.66. The number of carbonyl (C=O) groups excluding carboxylic acids is 1. The summed E-state index contributed by atoms with van der Waals surface area (Å²) < 4.78 is 6.38. The molecule has 2 heterocycles. The Morgan fingerprint density at radius 2 is 2.33 bits per heavy atom. The average molecular weight is 245 g/mol. The molecular weight excluding hydrogens is 234 g/mol. The Labute approximate surface area is 103 Å². The highest BCUT2D eigenvalue weighted by atomic mass is 16.5. The maximum absolute atomic E-state index is 11.9. The highest BCUT2D eigenvalue weighted by molar-refractivity contribution is 5.93. The molecule has 0 aliphatic carbocycles. The van der Waals surface area contributed by atoms with Gasteiger partial charge in [0.05, 0.1) is 24.4 Å². The quantitative estimate of drug-likeness (QED) is 0.646. The fourth-order valence-corrected chi connectivity index (χ4v) is 1.76. The number of aromatic nitrogens is 2. The largest absolute Gasteiger partial charge is 0.462 e. The second-order valence-corrected chi connectivity index (χ2v) is 3.68. The van der Waals surface area contributed by atoms with Crippen LogP contribution in [0.1, 0.15) is 23.0 Å². The molecule has 1 N–H and O–H groups in total. The van der Waals surface area contributed by atoms with Gasteiger partial charge in [-0.2, -0.15) is 0 Å². The van der Waals surface area contributed by atoms with Crippen molar-refractivity contribution in [1.82, 2.24) is 9.61 Å². The minimum absolute atomic E-state index is 0.00425. The van der Waals surface area contributed by atoms with E-state index in [1.54, 1.807) is 13.8 Å². The van der Waals surface area contributed by atoms with Gasteiger partial charge in [-0.3, -0.25) is 4.52 Å². The van der Waals surface area contributed by atoms with Crippen molar-refractivity contribution in [3.05, 3.63) is 45.2 Å². The molecule has 0 aromatic carbocycles. The third-order valence-electron chi connectivity index (χ3n) is 2.66. The van der Waals surface area contributed by atoms with E-state index in [2.05, 4.69) is 9.94 Å². The maximum atomic E-state index is 11.9. The molecule has 2 rings (SSSR count). The normalized spacial score (nSPS) is 10.3. The zero-order valence-corrected chi connectivity index (χ0v) is 9.98. The summed E-state index contributed by atoms with van der Waals surface area (Å²) in [7, 11) is 0. The van der Waals surface area contributed by atoms with Gasteiger partial charge in [0.15, 0.2) is 0 Å². The molecule has 0 spiro atoms. The fraction of sp³-hybridized carbons (Fsp3) is 0.250. The van der Waals surface area contributed by atoms with Gasteiger partial charge in [-0.05, 0) is 19.9 Å². The Balaban J connectivity index is 2.71. The van der Waals surface area contributed by atoms with Crippen LogP contribution in [-0.4, -0.2) is 22.2 Å². The molecule has 0 unspecified atom stereocenters. The van der Waals surface area contributed by atoms with Crippen LogP contribution in [0.25, 0.3) is 10.4 Å². The zero-order chi connectivity index (χ0) is 13.3. The molecule has 2 aromatic rings. The number of H-pyrrole nitrogens is 1. The van der Waals surface area contributed by atoms with E-state index < -0.39 is 11.4 Å². The first-order valence-electron chi connectivity index (χ1n) is 5.38. The Kier molecular flexibility index (Phi) is 2.90. The van der Waals surface area contributed by atoms with E-state index in [0.717, 1.165) is 0 Å². The summed E-state index contributed by atoms with van der Waals surface area (Å²) in [4.78, 5) is 26.7. The van der Waals surface area contributed by atoms with Gasteiger partial charge in [0.1, 0.15) is 5.52 Å². The number of carbonyl (C=O) groups is 1. The monoisotopic (exact) mass is 245 g/mol. The number of nitrogens with zero attached hydrogens (tertiary/aromatic N) is 2. The average Bonchev–Trinajstić information content (AvgIpc) is 2.69. The third kappa shape index (κ3) is 1.66. The van der Waals surface area contributed by atoms with Crippen LogP contribution >= 0.6 is 0 Å². The number of hydrogen-bond donors (Lipinski definition) is 1. The number of esters is 1. The van der Waals surface area contributed by atoms with Crippen LogP contribution in [0.15, 0.2) is 17.1 Å². The highest BCUT2D eigenvalue weighted by Gasteiger charge is 2.17. The molecule has 0 aliphatic rings. The molecule has 0 fully saturated rings. The van der Waals surface area contributed by atoms with E-state index in [1.807, 2.05) is 0 Å². The van der Waals surface area contributed by atoms with E-state index in [9.17, 15) is 9.59 Å². The number of nitrogens with one attached hydrogen (secondary N) is 1. The van der Waals surface area contributed by atoms with Crippen LogP contribution in [-0.2, 0) is 4.74 Å². The van der Waals surface area contributed by atoms with Crippen LogP contribution in [0.5, 0.6) is 0 Å². The summed E-state index contributed by atoms with van der Waals surface area (Å²) >= 11 is 0. The first-order valence-corrected chi connectivity index (χ1v) is 5.38. The van der Waals surface area contributed by atoms with Gasteiger partial charge >= 0.3 is 5.97 Å². The maximum Gasteiger partial charge on any atom is 0.340 e. The SMILES string of the molecule is [C-]#[N+]c1c[nH]n2c(C)c(C(=O)OCC)cc2c1=O. The number of rotatable bonds is 2. The van der Waals surface area contributed by atoms with Gasteiger partial charge in [0.25, 0.3) is 5.69 Å². The van der Waals surface area contributed by atoms with Crippen LogP contribution in [0.4, 0.5) is 5.69 Å². The molecule has 6 heteroatoms. The van der Waals surface area contributed by atoms with Gasteiger partial charge in [-0.1, -0.05) is 0 Å².